The van der Waals surface area contributed by atoms with E-state index in [0.29, 0.717) is 24.2 Å². The quantitative estimate of drug-likeness (QED) is 0.568. The number of Topliss-reactive ketones (excluding diaryl/α,β-unsaturated/α-hetero) is 1. The second-order valence-corrected chi connectivity index (χ2v) is 11.7. The molecule has 0 spiro atoms. The molecule has 5 rings (SSSR count). The highest BCUT2D eigenvalue weighted by Gasteiger charge is 2.59. The topological polar surface area (TPSA) is 80.6 Å². The van der Waals surface area contributed by atoms with E-state index in [0.717, 1.165) is 43.0 Å². The van der Waals surface area contributed by atoms with Gasteiger partial charge >= 0.3 is 0 Å². The number of carbonyl (C=O) groups is 2. The van der Waals surface area contributed by atoms with Crippen LogP contribution < -0.4 is 5.32 Å². The first-order valence-corrected chi connectivity index (χ1v) is 13.4. The Morgan fingerprint density at radius 1 is 1.11 bits per heavy atom. The number of nitrogens with zero attached hydrogens (tertiary/aromatic N) is 2. The number of fused-ring (bicyclic) bond motifs is 5. The lowest BCUT2D eigenvalue weighted by Crippen LogP contribution is -2.51. The van der Waals surface area contributed by atoms with Gasteiger partial charge in [0.25, 0.3) is 5.91 Å². The minimum Gasteiger partial charge on any atom is -0.385 e. The van der Waals surface area contributed by atoms with Crippen LogP contribution in [0.2, 0.25) is 0 Å². The van der Waals surface area contributed by atoms with E-state index in [1.54, 1.807) is 6.20 Å². The SMILES string of the molecule is CC(=O)[C@@H]1CC[C@@H]2[C@@H]3CCC4=CC(=NOCC(=O)NCc5ccccn5)CC[C@]4(C)[C@@H]3CC[C@@]21C. The van der Waals surface area contributed by atoms with Crippen molar-refractivity contribution in [1.82, 2.24) is 10.3 Å². The minimum absolute atomic E-state index is 0.0843. The molecule has 0 bridgehead atoms. The van der Waals surface area contributed by atoms with Crippen molar-refractivity contribution >= 4 is 17.4 Å². The number of allylic oxidation sites excluding steroid dienone is 2. The first-order valence-electron chi connectivity index (χ1n) is 13.4. The summed E-state index contributed by atoms with van der Waals surface area (Å²) in [4.78, 5) is 34.1. The van der Waals surface area contributed by atoms with Crippen molar-refractivity contribution in [2.75, 3.05) is 6.61 Å². The first-order chi connectivity index (χ1) is 16.8. The third kappa shape index (κ3) is 4.45. The van der Waals surface area contributed by atoms with Gasteiger partial charge in [-0.15, -0.1) is 0 Å². The van der Waals surface area contributed by atoms with Crippen molar-refractivity contribution in [2.45, 2.75) is 78.7 Å². The van der Waals surface area contributed by atoms with Crippen molar-refractivity contribution in [3.8, 4) is 0 Å². The summed E-state index contributed by atoms with van der Waals surface area (Å²) < 4.78 is 0. The van der Waals surface area contributed by atoms with Gasteiger partial charge in [0.15, 0.2) is 6.61 Å². The van der Waals surface area contributed by atoms with Crippen LogP contribution in [0.25, 0.3) is 0 Å². The number of pyridine rings is 1. The molecule has 3 fully saturated rings. The Hall–Kier alpha value is -2.50. The number of amides is 1. The van der Waals surface area contributed by atoms with Gasteiger partial charge in [-0.05, 0) is 105 Å². The Morgan fingerprint density at radius 3 is 2.74 bits per heavy atom. The van der Waals surface area contributed by atoms with E-state index in [1.165, 1.54) is 31.3 Å². The van der Waals surface area contributed by atoms with Crippen LogP contribution in [0.15, 0.2) is 41.2 Å². The Bertz CT molecular complexity index is 1030. The van der Waals surface area contributed by atoms with Gasteiger partial charge in [0.2, 0.25) is 0 Å². The summed E-state index contributed by atoms with van der Waals surface area (Å²) in [6.45, 7) is 6.99. The number of hydrogen-bond acceptors (Lipinski definition) is 5. The molecule has 1 aromatic heterocycles. The van der Waals surface area contributed by atoms with Crippen molar-refractivity contribution in [3.05, 3.63) is 41.7 Å². The molecule has 6 heteroatoms. The molecule has 0 aliphatic heterocycles. The molecule has 4 aliphatic carbocycles. The fourth-order valence-electron chi connectivity index (χ4n) is 8.23. The lowest BCUT2D eigenvalue weighted by molar-refractivity contribution is -0.128. The Balaban J connectivity index is 1.20. The monoisotopic (exact) mass is 477 g/mol. The van der Waals surface area contributed by atoms with Crippen LogP contribution in [-0.4, -0.2) is 29.0 Å². The number of ketones is 1. The fraction of sp³-hybridized carbons (Fsp3) is 0.655. The fourth-order valence-corrected chi connectivity index (χ4v) is 8.23. The molecule has 1 N–H and O–H groups in total. The van der Waals surface area contributed by atoms with Crippen molar-refractivity contribution in [3.63, 3.8) is 0 Å². The normalized spacial score (nSPS) is 37.0. The molecule has 0 radical (unpaired) electrons. The number of aromatic nitrogens is 1. The highest BCUT2D eigenvalue weighted by molar-refractivity contribution is 5.96. The summed E-state index contributed by atoms with van der Waals surface area (Å²) in [6.07, 6.45) is 13.0. The molecular weight excluding hydrogens is 438 g/mol. The predicted octanol–water partition coefficient (Wildman–Crippen LogP) is 5.24. The standard InChI is InChI=1S/C29H39N3O3/c1-19(33)24-9-10-25-23-8-7-20-16-21(11-13-28(20,2)26(23)12-14-29(24,25)3)32-35-18-27(34)31-17-22-6-4-5-15-30-22/h4-6,15-16,23-26H,7-14,17-18H2,1-3H3,(H,31,34)/t23-,24-,25+,26+,28-,29+/m0/s1. The van der Waals surface area contributed by atoms with Crippen LogP contribution in [0.3, 0.4) is 0 Å². The van der Waals surface area contributed by atoms with Gasteiger partial charge in [-0.25, -0.2) is 0 Å². The number of rotatable bonds is 6. The zero-order valence-corrected chi connectivity index (χ0v) is 21.4. The summed E-state index contributed by atoms with van der Waals surface area (Å²) in [7, 11) is 0. The summed E-state index contributed by atoms with van der Waals surface area (Å²) in [5, 5.41) is 7.14. The molecule has 6 atom stereocenters. The van der Waals surface area contributed by atoms with E-state index in [2.05, 4.69) is 35.4 Å². The van der Waals surface area contributed by atoms with Crippen LogP contribution in [0.4, 0.5) is 0 Å². The zero-order valence-electron chi connectivity index (χ0n) is 21.4. The number of nitrogens with one attached hydrogen (secondary N) is 1. The summed E-state index contributed by atoms with van der Waals surface area (Å²) in [6, 6.07) is 5.63. The van der Waals surface area contributed by atoms with Gasteiger partial charge in [-0.3, -0.25) is 14.6 Å². The average molecular weight is 478 g/mol. The highest BCUT2D eigenvalue weighted by Crippen LogP contribution is 2.66. The second kappa shape index (κ2) is 9.51. The van der Waals surface area contributed by atoms with Crippen LogP contribution in [0, 0.1) is 34.5 Å². The van der Waals surface area contributed by atoms with Gasteiger partial charge in [0, 0.05) is 12.1 Å². The average Bonchev–Trinajstić information content (AvgIpc) is 3.21. The molecule has 4 aliphatic rings. The molecule has 0 unspecified atom stereocenters. The van der Waals surface area contributed by atoms with Crippen molar-refractivity contribution in [1.29, 1.82) is 0 Å². The number of carbonyl (C=O) groups excluding carboxylic acids is 2. The second-order valence-electron chi connectivity index (χ2n) is 11.7. The van der Waals surface area contributed by atoms with Crippen LogP contribution in [0.1, 0.15) is 77.8 Å². The van der Waals surface area contributed by atoms with Crippen molar-refractivity contribution < 1.29 is 14.4 Å². The smallest absolute Gasteiger partial charge is 0.261 e. The maximum absolute atomic E-state index is 12.4. The Morgan fingerprint density at radius 2 is 1.97 bits per heavy atom. The molecule has 0 saturated heterocycles. The molecule has 1 aromatic rings. The molecule has 3 saturated carbocycles. The van der Waals surface area contributed by atoms with E-state index in [9.17, 15) is 9.59 Å². The lowest BCUT2D eigenvalue weighted by Gasteiger charge is -2.58. The summed E-state index contributed by atoms with van der Waals surface area (Å²) in [5.41, 5.74) is 3.70. The van der Waals surface area contributed by atoms with E-state index in [4.69, 9.17) is 4.84 Å². The van der Waals surface area contributed by atoms with Crippen molar-refractivity contribution in [2.24, 2.45) is 39.7 Å². The van der Waals surface area contributed by atoms with E-state index in [1.807, 2.05) is 25.1 Å². The minimum atomic E-state index is -0.195. The van der Waals surface area contributed by atoms with Gasteiger partial charge < -0.3 is 10.2 Å². The Kier molecular flexibility index (Phi) is 6.58. The molecule has 0 aromatic carbocycles. The molecule has 1 heterocycles. The lowest BCUT2D eigenvalue weighted by atomic mass is 9.46. The summed E-state index contributed by atoms with van der Waals surface area (Å²) in [5.74, 6) is 2.60. The van der Waals surface area contributed by atoms with Gasteiger partial charge in [-0.1, -0.05) is 30.6 Å². The van der Waals surface area contributed by atoms with Gasteiger partial charge in [0.1, 0.15) is 5.78 Å². The number of oxime groups is 1. The third-order valence-corrected chi connectivity index (χ3v) is 10.0. The number of hydrogen-bond donors (Lipinski definition) is 1. The maximum atomic E-state index is 12.4. The van der Waals surface area contributed by atoms with E-state index >= 15 is 0 Å². The van der Waals surface area contributed by atoms with E-state index in [-0.39, 0.29) is 29.3 Å². The molecule has 35 heavy (non-hydrogen) atoms. The largest absolute Gasteiger partial charge is 0.385 e. The molecule has 1 amide bonds. The zero-order chi connectivity index (χ0) is 24.6. The third-order valence-electron chi connectivity index (χ3n) is 10.0. The molecule has 188 valence electrons. The van der Waals surface area contributed by atoms with Crippen LogP contribution >= 0.6 is 0 Å². The molecular formula is C29H39N3O3. The highest BCUT2D eigenvalue weighted by atomic mass is 16.6. The molecule has 6 nitrogen and oxygen atoms in total. The maximum Gasteiger partial charge on any atom is 0.261 e. The van der Waals surface area contributed by atoms with Crippen LogP contribution in [0.5, 0.6) is 0 Å². The summed E-state index contributed by atoms with van der Waals surface area (Å²) >= 11 is 0. The van der Waals surface area contributed by atoms with Crippen LogP contribution in [-0.2, 0) is 21.0 Å². The van der Waals surface area contributed by atoms with Gasteiger partial charge in [-0.2, -0.15) is 0 Å². The van der Waals surface area contributed by atoms with E-state index < -0.39 is 0 Å². The predicted molar refractivity (Wildman–Crippen MR) is 135 cm³/mol. The Labute approximate surface area is 209 Å². The van der Waals surface area contributed by atoms with Gasteiger partial charge in [0.05, 0.1) is 18.0 Å². The first kappa shape index (κ1) is 24.2.